The fourth-order valence-electron chi connectivity index (χ4n) is 3.14. The molecule has 0 atom stereocenters. The Balaban J connectivity index is 1.52. The Morgan fingerprint density at radius 1 is 1.10 bits per heavy atom. The molecule has 0 unspecified atom stereocenters. The summed E-state index contributed by atoms with van der Waals surface area (Å²) in [5.74, 6) is -0.852. The molecule has 4 rings (SSSR count). The van der Waals surface area contributed by atoms with Gasteiger partial charge in [-0.25, -0.2) is 29.1 Å². The number of anilines is 1. The van der Waals surface area contributed by atoms with E-state index in [2.05, 4.69) is 30.2 Å². The fourth-order valence-corrected chi connectivity index (χ4v) is 3.14. The van der Waals surface area contributed by atoms with Crippen LogP contribution < -0.4 is 5.32 Å². The van der Waals surface area contributed by atoms with Gasteiger partial charge in [-0.05, 0) is 18.9 Å². The number of benzene rings is 1. The first-order valence-corrected chi connectivity index (χ1v) is 9.17. The van der Waals surface area contributed by atoms with Gasteiger partial charge in [0.1, 0.15) is 23.5 Å². The highest BCUT2D eigenvalue weighted by Crippen LogP contribution is 2.23. The van der Waals surface area contributed by atoms with Crippen molar-refractivity contribution in [1.82, 2.24) is 24.9 Å². The lowest BCUT2D eigenvalue weighted by Crippen LogP contribution is -2.08. The van der Waals surface area contributed by atoms with Gasteiger partial charge >= 0.3 is 5.97 Å². The summed E-state index contributed by atoms with van der Waals surface area (Å²) < 4.78 is 13.9. The van der Waals surface area contributed by atoms with E-state index in [0.29, 0.717) is 35.8 Å². The Bertz CT molecular complexity index is 1230. The molecule has 3 aromatic heterocycles. The highest BCUT2D eigenvalue weighted by molar-refractivity contribution is 6.03. The monoisotopic (exact) mass is 404 g/mol. The predicted octanol–water partition coefficient (Wildman–Crippen LogP) is 3.28. The third-order valence-electron chi connectivity index (χ3n) is 4.59. The Kier molecular flexibility index (Phi) is 5.25. The zero-order valence-electron chi connectivity index (χ0n) is 16.0. The summed E-state index contributed by atoms with van der Waals surface area (Å²) in [6.07, 6.45) is 6.36. The normalized spacial score (nSPS) is 10.9. The fraction of sp³-hybridized carbons (Fsp3) is 0.143. The minimum atomic E-state index is -1.32. The van der Waals surface area contributed by atoms with E-state index in [0.717, 1.165) is 17.3 Å². The van der Waals surface area contributed by atoms with Crippen molar-refractivity contribution in [2.45, 2.75) is 13.3 Å². The highest BCUT2D eigenvalue weighted by atomic mass is 19.1. The molecule has 0 spiro atoms. The summed E-state index contributed by atoms with van der Waals surface area (Å²) in [4.78, 5) is 32.3. The van der Waals surface area contributed by atoms with Crippen molar-refractivity contribution in [3.05, 3.63) is 72.0 Å². The molecule has 0 aliphatic rings. The maximum atomic E-state index is 13.9. The number of rotatable bonds is 6. The standard InChI is InChI=1S/C21H17FN6O2/c1-12-24-8-14(9-25-12)17-7-18(28-11-27-17)23-6-5-13-3-2-4-15-19(21(29)30)16(22)10-26-20(13)15/h2-4,7-11H,5-6H2,1H3,(H,29,30)(H,23,27,28). The molecule has 1 aromatic carbocycles. The third kappa shape index (κ3) is 3.90. The molecule has 2 N–H and O–H groups in total. The van der Waals surface area contributed by atoms with Gasteiger partial charge in [-0.15, -0.1) is 0 Å². The number of aryl methyl sites for hydroxylation is 1. The van der Waals surface area contributed by atoms with E-state index in [9.17, 15) is 14.3 Å². The number of carbonyl (C=O) groups is 1. The molecule has 0 bridgehead atoms. The number of pyridine rings is 1. The first-order valence-electron chi connectivity index (χ1n) is 9.17. The average Bonchev–Trinajstić information content (AvgIpc) is 2.74. The number of fused-ring (bicyclic) bond motifs is 1. The van der Waals surface area contributed by atoms with Gasteiger partial charge in [0.05, 0.1) is 17.4 Å². The first-order chi connectivity index (χ1) is 14.5. The van der Waals surface area contributed by atoms with Crippen LogP contribution in [0.25, 0.3) is 22.2 Å². The molecule has 30 heavy (non-hydrogen) atoms. The number of hydrogen-bond donors (Lipinski definition) is 2. The lowest BCUT2D eigenvalue weighted by atomic mass is 10.0. The van der Waals surface area contributed by atoms with Gasteiger partial charge < -0.3 is 10.4 Å². The Morgan fingerprint density at radius 2 is 1.90 bits per heavy atom. The molecule has 8 nitrogen and oxygen atoms in total. The van der Waals surface area contributed by atoms with Gasteiger partial charge in [0.25, 0.3) is 0 Å². The lowest BCUT2D eigenvalue weighted by molar-refractivity contribution is 0.0694. The lowest BCUT2D eigenvalue weighted by Gasteiger charge is -2.10. The van der Waals surface area contributed by atoms with Crippen LogP contribution in [0.4, 0.5) is 10.2 Å². The molecule has 150 valence electrons. The van der Waals surface area contributed by atoms with Crippen molar-refractivity contribution >= 4 is 22.7 Å². The minimum Gasteiger partial charge on any atom is -0.478 e. The largest absolute Gasteiger partial charge is 0.478 e. The summed E-state index contributed by atoms with van der Waals surface area (Å²) in [5, 5.41) is 12.8. The number of aromatic carboxylic acids is 1. The second-order valence-electron chi connectivity index (χ2n) is 6.58. The van der Waals surface area contributed by atoms with Crippen LogP contribution in [0.1, 0.15) is 21.7 Å². The summed E-state index contributed by atoms with van der Waals surface area (Å²) >= 11 is 0. The predicted molar refractivity (Wildman–Crippen MR) is 109 cm³/mol. The van der Waals surface area contributed by atoms with Gasteiger partial charge in [-0.2, -0.15) is 0 Å². The SMILES string of the molecule is Cc1ncc(-c2cc(NCCc3cccc4c(C(=O)O)c(F)cnc34)ncn2)cn1. The van der Waals surface area contributed by atoms with E-state index in [1.165, 1.54) is 6.33 Å². The van der Waals surface area contributed by atoms with Crippen molar-refractivity contribution < 1.29 is 14.3 Å². The van der Waals surface area contributed by atoms with Crippen LogP contribution in [0.5, 0.6) is 0 Å². The molecule has 0 amide bonds. The number of para-hydroxylation sites is 1. The van der Waals surface area contributed by atoms with Crippen LogP contribution in [-0.4, -0.2) is 42.5 Å². The Hall–Kier alpha value is -4.01. The van der Waals surface area contributed by atoms with Crippen molar-refractivity contribution in [2.24, 2.45) is 0 Å². The zero-order valence-corrected chi connectivity index (χ0v) is 16.0. The molecule has 0 aliphatic heterocycles. The van der Waals surface area contributed by atoms with E-state index in [1.807, 2.05) is 13.0 Å². The number of halogens is 1. The number of aromatic nitrogens is 5. The van der Waals surface area contributed by atoms with E-state index in [-0.39, 0.29) is 10.9 Å². The smallest absolute Gasteiger partial charge is 0.339 e. The molecule has 0 aliphatic carbocycles. The molecular weight excluding hydrogens is 387 g/mol. The van der Waals surface area contributed by atoms with E-state index >= 15 is 0 Å². The van der Waals surface area contributed by atoms with Gasteiger partial charge in [0.15, 0.2) is 5.82 Å². The number of carboxylic acid groups (broad SMARTS) is 1. The number of nitrogens with one attached hydrogen (secondary N) is 1. The second-order valence-corrected chi connectivity index (χ2v) is 6.58. The Morgan fingerprint density at radius 3 is 2.67 bits per heavy atom. The van der Waals surface area contributed by atoms with Crippen LogP contribution in [0, 0.1) is 12.7 Å². The van der Waals surface area contributed by atoms with Gasteiger partial charge in [0, 0.05) is 36.0 Å². The summed E-state index contributed by atoms with van der Waals surface area (Å²) in [6, 6.07) is 6.90. The molecule has 9 heteroatoms. The van der Waals surface area contributed by atoms with Gasteiger partial charge in [0.2, 0.25) is 0 Å². The maximum Gasteiger partial charge on any atom is 0.339 e. The van der Waals surface area contributed by atoms with Gasteiger partial charge in [-0.1, -0.05) is 18.2 Å². The molecule has 0 radical (unpaired) electrons. The topological polar surface area (TPSA) is 114 Å². The maximum absolute atomic E-state index is 13.9. The van der Waals surface area contributed by atoms with Crippen molar-refractivity contribution in [2.75, 3.05) is 11.9 Å². The first kappa shape index (κ1) is 19.3. The van der Waals surface area contributed by atoms with Crippen LogP contribution in [0.15, 0.2) is 49.2 Å². The van der Waals surface area contributed by atoms with Crippen LogP contribution >= 0.6 is 0 Å². The van der Waals surface area contributed by atoms with E-state index in [4.69, 9.17) is 0 Å². The quantitative estimate of drug-likeness (QED) is 0.503. The number of carboxylic acids is 1. The van der Waals surface area contributed by atoms with Gasteiger partial charge in [-0.3, -0.25) is 4.98 Å². The van der Waals surface area contributed by atoms with E-state index < -0.39 is 11.8 Å². The van der Waals surface area contributed by atoms with Crippen molar-refractivity contribution in [3.63, 3.8) is 0 Å². The molecule has 4 aromatic rings. The van der Waals surface area contributed by atoms with Crippen molar-refractivity contribution in [1.29, 1.82) is 0 Å². The molecule has 0 saturated carbocycles. The van der Waals surface area contributed by atoms with Crippen LogP contribution in [0.2, 0.25) is 0 Å². The summed E-state index contributed by atoms with van der Waals surface area (Å²) in [5.41, 5.74) is 2.39. The Labute approximate surface area is 170 Å². The summed E-state index contributed by atoms with van der Waals surface area (Å²) in [7, 11) is 0. The summed E-state index contributed by atoms with van der Waals surface area (Å²) in [6.45, 7) is 2.33. The van der Waals surface area contributed by atoms with E-state index in [1.54, 1.807) is 30.6 Å². The average molecular weight is 404 g/mol. The molecule has 0 saturated heterocycles. The third-order valence-corrected chi connectivity index (χ3v) is 4.59. The zero-order chi connectivity index (χ0) is 21.1. The molecule has 0 fully saturated rings. The second kappa shape index (κ2) is 8.16. The molecule has 3 heterocycles. The number of nitrogens with zero attached hydrogens (tertiary/aromatic N) is 5. The van der Waals surface area contributed by atoms with Crippen LogP contribution in [-0.2, 0) is 6.42 Å². The highest BCUT2D eigenvalue weighted by Gasteiger charge is 2.17. The molecular formula is C21H17FN6O2. The van der Waals surface area contributed by atoms with Crippen LogP contribution in [0.3, 0.4) is 0 Å². The number of hydrogen-bond acceptors (Lipinski definition) is 7. The van der Waals surface area contributed by atoms with Crippen molar-refractivity contribution in [3.8, 4) is 11.3 Å². The minimum absolute atomic E-state index is 0.281.